The number of carbonyl (C=O) groups is 1. The molecule has 0 spiro atoms. The van der Waals surface area contributed by atoms with Gasteiger partial charge in [0.25, 0.3) is 5.91 Å². The predicted octanol–water partition coefficient (Wildman–Crippen LogP) is 6.81. The van der Waals surface area contributed by atoms with Crippen molar-refractivity contribution in [1.29, 1.82) is 0 Å². The molecule has 150 valence electrons. The number of fused-ring (bicyclic) bond motifs is 1. The second kappa shape index (κ2) is 8.54. The molecule has 5 rings (SSSR count). The molecule has 0 aliphatic rings. The van der Waals surface area contributed by atoms with Crippen LogP contribution in [-0.2, 0) is 6.42 Å². The van der Waals surface area contributed by atoms with E-state index in [-0.39, 0.29) is 5.91 Å². The first-order chi connectivity index (χ1) is 15.3. The number of hydrogen-bond donors (Lipinski definition) is 1. The summed E-state index contributed by atoms with van der Waals surface area (Å²) < 4.78 is 1.13. The molecule has 0 aliphatic heterocycles. The largest absolute Gasteiger partial charge is 0.321 e. The van der Waals surface area contributed by atoms with E-state index >= 15 is 0 Å². The van der Waals surface area contributed by atoms with Gasteiger partial charge in [0.1, 0.15) is 5.01 Å². The Morgan fingerprint density at radius 3 is 2.23 bits per heavy atom. The minimum absolute atomic E-state index is 0.125. The van der Waals surface area contributed by atoms with Crippen molar-refractivity contribution < 1.29 is 4.79 Å². The Hall–Kier alpha value is -3.76. The molecule has 1 aromatic heterocycles. The lowest BCUT2D eigenvalue weighted by Gasteiger charge is -2.10. The molecule has 3 nitrogen and oxygen atoms in total. The van der Waals surface area contributed by atoms with Crippen molar-refractivity contribution in [2.24, 2.45) is 0 Å². The molecule has 1 amide bonds. The fourth-order valence-electron chi connectivity index (χ4n) is 3.57. The van der Waals surface area contributed by atoms with E-state index in [1.54, 1.807) is 11.3 Å². The fraction of sp³-hybridized carbons (Fsp3) is 0.0370. The van der Waals surface area contributed by atoms with Gasteiger partial charge in [-0.25, -0.2) is 4.98 Å². The summed E-state index contributed by atoms with van der Waals surface area (Å²) in [5, 5.41) is 3.96. The van der Waals surface area contributed by atoms with Crippen LogP contribution < -0.4 is 5.32 Å². The highest BCUT2D eigenvalue weighted by Crippen LogP contribution is 2.34. The van der Waals surface area contributed by atoms with E-state index in [9.17, 15) is 4.79 Å². The average Bonchev–Trinajstić information content (AvgIpc) is 3.25. The SMILES string of the molecule is O=C(Nc1ccccc1-c1nc2ccccc2s1)c1ccc(Cc2ccccc2)cc1. The number of para-hydroxylation sites is 2. The molecule has 31 heavy (non-hydrogen) atoms. The maximum absolute atomic E-state index is 12.9. The number of hydrogen-bond acceptors (Lipinski definition) is 3. The van der Waals surface area contributed by atoms with Crippen molar-refractivity contribution in [1.82, 2.24) is 4.98 Å². The first kappa shape index (κ1) is 19.2. The number of thiazole rings is 1. The zero-order chi connectivity index (χ0) is 21.0. The van der Waals surface area contributed by atoms with Gasteiger partial charge in [-0.1, -0.05) is 66.7 Å². The topological polar surface area (TPSA) is 42.0 Å². The van der Waals surface area contributed by atoms with Crippen LogP contribution in [0.15, 0.2) is 103 Å². The van der Waals surface area contributed by atoms with Gasteiger partial charge in [0.2, 0.25) is 0 Å². The summed E-state index contributed by atoms with van der Waals surface area (Å²) >= 11 is 1.63. The number of nitrogens with zero attached hydrogens (tertiary/aromatic N) is 1. The number of aromatic nitrogens is 1. The van der Waals surface area contributed by atoms with Gasteiger partial charge in [-0.2, -0.15) is 0 Å². The normalized spacial score (nSPS) is 10.8. The number of rotatable bonds is 5. The van der Waals surface area contributed by atoms with E-state index in [4.69, 9.17) is 4.98 Å². The average molecular weight is 421 g/mol. The van der Waals surface area contributed by atoms with Crippen molar-refractivity contribution >= 4 is 33.1 Å². The quantitative estimate of drug-likeness (QED) is 0.339. The van der Waals surface area contributed by atoms with Gasteiger partial charge in [0.15, 0.2) is 0 Å². The van der Waals surface area contributed by atoms with Gasteiger partial charge in [-0.05, 0) is 53.9 Å². The van der Waals surface area contributed by atoms with Crippen LogP contribution in [0.5, 0.6) is 0 Å². The fourth-order valence-corrected chi connectivity index (χ4v) is 4.57. The van der Waals surface area contributed by atoms with E-state index in [1.807, 2.05) is 84.9 Å². The highest BCUT2D eigenvalue weighted by molar-refractivity contribution is 7.21. The third kappa shape index (κ3) is 4.25. The summed E-state index contributed by atoms with van der Waals surface area (Å²) in [4.78, 5) is 17.7. The lowest BCUT2D eigenvalue weighted by Crippen LogP contribution is -2.12. The Labute approximate surface area is 185 Å². The Balaban J connectivity index is 1.36. The number of anilines is 1. The Morgan fingerprint density at radius 1 is 0.742 bits per heavy atom. The molecule has 4 aromatic carbocycles. The summed E-state index contributed by atoms with van der Waals surface area (Å²) in [6, 6.07) is 34.0. The Bertz CT molecular complexity index is 1310. The number of nitrogens with one attached hydrogen (secondary N) is 1. The van der Waals surface area contributed by atoms with Crippen LogP contribution >= 0.6 is 11.3 Å². The minimum Gasteiger partial charge on any atom is -0.321 e. The van der Waals surface area contributed by atoms with Crippen LogP contribution in [0.25, 0.3) is 20.8 Å². The van der Waals surface area contributed by atoms with Crippen LogP contribution in [0.2, 0.25) is 0 Å². The van der Waals surface area contributed by atoms with Crippen LogP contribution in [0.1, 0.15) is 21.5 Å². The second-order valence-electron chi connectivity index (χ2n) is 7.35. The van der Waals surface area contributed by atoms with Crippen LogP contribution in [0.4, 0.5) is 5.69 Å². The molecule has 4 heteroatoms. The maximum atomic E-state index is 12.9. The molecule has 0 saturated carbocycles. The van der Waals surface area contributed by atoms with E-state index < -0.39 is 0 Å². The zero-order valence-corrected chi connectivity index (χ0v) is 17.6. The molecule has 0 bridgehead atoms. The van der Waals surface area contributed by atoms with Crippen molar-refractivity contribution in [3.8, 4) is 10.6 Å². The smallest absolute Gasteiger partial charge is 0.255 e. The molecule has 5 aromatic rings. The molecule has 0 fully saturated rings. The third-order valence-corrected chi connectivity index (χ3v) is 6.24. The van der Waals surface area contributed by atoms with Crippen molar-refractivity contribution in [3.63, 3.8) is 0 Å². The first-order valence-corrected chi connectivity index (χ1v) is 11.0. The van der Waals surface area contributed by atoms with Crippen LogP contribution in [0, 0.1) is 0 Å². The molecule has 0 saturated heterocycles. The first-order valence-electron chi connectivity index (χ1n) is 10.2. The highest BCUT2D eigenvalue weighted by Gasteiger charge is 2.13. The molecular weight excluding hydrogens is 400 g/mol. The standard InChI is InChI=1S/C27H20N2OS/c30-26(21-16-14-20(15-17-21)18-19-8-2-1-3-9-19)28-23-11-5-4-10-22(23)27-29-24-12-6-7-13-25(24)31-27/h1-17H,18H2,(H,28,30). The predicted molar refractivity (Wildman–Crippen MR) is 129 cm³/mol. The van der Waals surface area contributed by atoms with E-state index in [1.165, 1.54) is 11.1 Å². The molecule has 0 unspecified atom stereocenters. The number of benzene rings is 4. The zero-order valence-electron chi connectivity index (χ0n) is 16.8. The Kier molecular flexibility index (Phi) is 5.29. The summed E-state index contributed by atoms with van der Waals surface area (Å²) in [7, 11) is 0. The van der Waals surface area contributed by atoms with Crippen molar-refractivity contribution in [2.45, 2.75) is 6.42 Å². The monoisotopic (exact) mass is 420 g/mol. The van der Waals surface area contributed by atoms with Gasteiger partial charge in [-0.15, -0.1) is 11.3 Å². The number of carbonyl (C=O) groups excluding carboxylic acids is 1. The summed E-state index contributed by atoms with van der Waals surface area (Å²) in [5.41, 5.74) is 5.73. The molecule has 0 aliphatic carbocycles. The molecule has 1 N–H and O–H groups in total. The van der Waals surface area contributed by atoms with Gasteiger partial charge in [0.05, 0.1) is 15.9 Å². The molecular formula is C27H20N2OS. The van der Waals surface area contributed by atoms with Gasteiger partial charge >= 0.3 is 0 Å². The van der Waals surface area contributed by atoms with Gasteiger partial charge in [0, 0.05) is 11.1 Å². The summed E-state index contributed by atoms with van der Waals surface area (Å²) in [6.45, 7) is 0. The molecule has 0 radical (unpaired) electrons. The third-order valence-electron chi connectivity index (χ3n) is 5.17. The van der Waals surface area contributed by atoms with Gasteiger partial charge in [-0.3, -0.25) is 4.79 Å². The minimum atomic E-state index is -0.125. The maximum Gasteiger partial charge on any atom is 0.255 e. The second-order valence-corrected chi connectivity index (χ2v) is 8.38. The molecule has 1 heterocycles. The molecule has 0 atom stereocenters. The summed E-state index contributed by atoms with van der Waals surface area (Å²) in [6.07, 6.45) is 0.850. The summed E-state index contributed by atoms with van der Waals surface area (Å²) in [5.74, 6) is -0.125. The van der Waals surface area contributed by atoms with E-state index in [0.717, 1.165) is 32.9 Å². The highest BCUT2D eigenvalue weighted by atomic mass is 32.1. The van der Waals surface area contributed by atoms with Crippen molar-refractivity contribution in [2.75, 3.05) is 5.32 Å². The van der Waals surface area contributed by atoms with Crippen molar-refractivity contribution in [3.05, 3.63) is 120 Å². The number of amides is 1. The van der Waals surface area contributed by atoms with E-state index in [2.05, 4.69) is 23.5 Å². The lowest BCUT2D eigenvalue weighted by atomic mass is 10.0. The lowest BCUT2D eigenvalue weighted by molar-refractivity contribution is 0.102. The Morgan fingerprint density at radius 2 is 1.42 bits per heavy atom. The van der Waals surface area contributed by atoms with Crippen LogP contribution in [0.3, 0.4) is 0 Å². The van der Waals surface area contributed by atoms with Gasteiger partial charge < -0.3 is 5.32 Å². The van der Waals surface area contributed by atoms with E-state index in [0.29, 0.717) is 5.56 Å². The van der Waals surface area contributed by atoms with Crippen LogP contribution in [-0.4, -0.2) is 10.9 Å².